The molecule has 0 spiro atoms. The second-order valence-electron chi connectivity index (χ2n) is 4.73. The third kappa shape index (κ3) is 4.73. The summed E-state index contributed by atoms with van der Waals surface area (Å²) in [5.41, 5.74) is 1.58. The molecule has 3 rings (SSSR count). The molecule has 0 radical (unpaired) electrons. The first kappa shape index (κ1) is 15.7. The van der Waals surface area contributed by atoms with Crippen LogP contribution >= 0.6 is 9.24 Å². The molecule has 2 aromatic carbocycles. The maximum atomic E-state index is 2.85. The average Bonchev–Trinajstić information content (AvgIpc) is 3.03. The smallest absolute Gasteiger partial charge is 0 e. The van der Waals surface area contributed by atoms with Gasteiger partial charge in [0.05, 0.1) is 0 Å². The van der Waals surface area contributed by atoms with Gasteiger partial charge >= 0.3 is 0 Å². The van der Waals surface area contributed by atoms with Gasteiger partial charge in [-0.2, -0.15) is 20.9 Å². The third-order valence-corrected chi connectivity index (χ3v) is 4.01. The molecule has 0 aliphatic heterocycles. The largest absolute Gasteiger partial charge is 0.748 e. The Balaban J connectivity index is 0.000000230. The van der Waals surface area contributed by atoms with Crippen LogP contribution in [0.4, 0.5) is 0 Å². The summed E-state index contributed by atoms with van der Waals surface area (Å²) in [5.74, 6) is 0.862. The van der Waals surface area contributed by atoms with Gasteiger partial charge in [0, 0.05) is 17.1 Å². The zero-order valence-corrected chi connectivity index (χ0v) is 12.9. The van der Waals surface area contributed by atoms with Gasteiger partial charge in [0.1, 0.15) is 0 Å². The molecule has 1 unspecified atom stereocenters. The predicted molar refractivity (Wildman–Crippen MR) is 79.2 cm³/mol. The Morgan fingerprint density at radius 2 is 1.56 bits per heavy atom. The van der Waals surface area contributed by atoms with E-state index in [1.54, 1.807) is 5.56 Å². The Labute approximate surface area is 124 Å². The molecule has 0 N–H and O–H groups in total. The van der Waals surface area contributed by atoms with Crippen molar-refractivity contribution in [2.45, 2.75) is 38.0 Å². The summed E-state index contributed by atoms with van der Waals surface area (Å²) < 4.78 is 0. The number of rotatable bonds is 1. The van der Waals surface area contributed by atoms with Gasteiger partial charge in [-0.05, 0) is 18.8 Å². The van der Waals surface area contributed by atoms with Gasteiger partial charge in [0.2, 0.25) is 0 Å². The molecule has 18 heavy (non-hydrogen) atoms. The first-order chi connectivity index (χ1) is 8.38. The summed E-state index contributed by atoms with van der Waals surface area (Å²) in [6, 6.07) is 16.7. The summed E-state index contributed by atoms with van der Waals surface area (Å²) in [5, 5.41) is 1.42. The summed E-state index contributed by atoms with van der Waals surface area (Å²) in [6.07, 6.45) is 7.13. The van der Waals surface area contributed by atoms with E-state index in [1.807, 2.05) is 30.3 Å². The van der Waals surface area contributed by atoms with Gasteiger partial charge < -0.3 is 30.3 Å². The third-order valence-electron chi connectivity index (χ3n) is 3.49. The van der Waals surface area contributed by atoms with Crippen LogP contribution < -0.4 is 5.30 Å². The Morgan fingerprint density at radius 1 is 1.00 bits per heavy atom. The van der Waals surface area contributed by atoms with Gasteiger partial charge in [-0.15, -0.1) is 5.30 Å². The van der Waals surface area contributed by atoms with Gasteiger partial charge in [-0.25, -0.2) is 12.1 Å². The van der Waals surface area contributed by atoms with Crippen LogP contribution in [0.15, 0.2) is 48.5 Å². The molecule has 1 saturated carbocycles. The van der Waals surface area contributed by atoms with Gasteiger partial charge in [0.15, 0.2) is 0 Å². The second kappa shape index (κ2) is 8.70. The van der Waals surface area contributed by atoms with Crippen molar-refractivity contribution in [1.82, 2.24) is 0 Å². The molecular formula is C16H21FeP-6. The van der Waals surface area contributed by atoms with Crippen molar-refractivity contribution in [3.05, 3.63) is 54.1 Å². The van der Waals surface area contributed by atoms with E-state index in [9.17, 15) is 0 Å². The summed E-state index contributed by atoms with van der Waals surface area (Å²) >= 11 is 0. The maximum absolute atomic E-state index is 2.85. The van der Waals surface area contributed by atoms with Crippen molar-refractivity contribution in [3.8, 4) is 0 Å². The fraction of sp³-hybridized carbons (Fsp3) is 0.375. The van der Waals surface area contributed by atoms with Crippen molar-refractivity contribution in [1.29, 1.82) is 0 Å². The fourth-order valence-corrected chi connectivity index (χ4v) is 3.00. The van der Waals surface area contributed by atoms with E-state index in [0.29, 0.717) is 0 Å². The van der Waals surface area contributed by atoms with Crippen LogP contribution in [0.2, 0.25) is 0 Å². The average molecular weight is 300 g/mol. The Kier molecular flexibility index (Phi) is 7.59. The molecule has 0 nitrogen and oxygen atoms in total. The van der Waals surface area contributed by atoms with E-state index in [4.69, 9.17) is 0 Å². The van der Waals surface area contributed by atoms with Gasteiger partial charge in [-0.3, -0.25) is 0 Å². The van der Waals surface area contributed by atoms with Crippen molar-refractivity contribution in [2.75, 3.05) is 0 Å². The Morgan fingerprint density at radius 3 is 2.00 bits per heavy atom. The van der Waals surface area contributed by atoms with Crippen LogP contribution in [-0.2, 0) is 17.1 Å². The molecular weight excluding hydrogens is 279 g/mol. The molecule has 2 heteroatoms. The number of hydrogen-bond acceptors (Lipinski definition) is 0. The van der Waals surface area contributed by atoms with Crippen molar-refractivity contribution >= 4 is 14.5 Å². The molecule has 1 aliphatic carbocycles. The van der Waals surface area contributed by atoms with E-state index < -0.39 is 0 Å². The monoisotopic (exact) mass is 300 g/mol. The molecule has 0 aromatic heterocycles. The van der Waals surface area contributed by atoms with Gasteiger partial charge in [0.25, 0.3) is 0 Å². The van der Waals surface area contributed by atoms with E-state index >= 15 is 0 Å². The molecule has 1 aliphatic rings. The molecule has 0 bridgehead atoms. The van der Waals surface area contributed by atoms with Crippen molar-refractivity contribution in [3.63, 3.8) is 0 Å². The van der Waals surface area contributed by atoms with Crippen LogP contribution in [0.3, 0.4) is 0 Å². The molecule has 104 valence electrons. The van der Waals surface area contributed by atoms with Crippen LogP contribution in [0.1, 0.15) is 43.6 Å². The first-order valence-corrected chi connectivity index (χ1v) is 7.13. The molecule has 2 aromatic rings. The summed E-state index contributed by atoms with van der Waals surface area (Å²) in [6.45, 7) is 0. The Hall–Kier alpha value is -0.351. The van der Waals surface area contributed by atoms with Crippen LogP contribution in [0.5, 0.6) is 0 Å². The van der Waals surface area contributed by atoms with Crippen LogP contribution in [-0.4, -0.2) is 0 Å². The molecule has 0 saturated heterocycles. The zero-order valence-electron chi connectivity index (χ0n) is 10.7. The minimum atomic E-state index is 0. The van der Waals surface area contributed by atoms with E-state index in [-0.39, 0.29) is 17.1 Å². The van der Waals surface area contributed by atoms with Crippen molar-refractivity contribution < 1.29 is 17.1 Å². The minimum Gasteiger partial charge on any atom is -0.748 e. The zero-order chi connectivity index (χ0) is 11.9. The SMILES string of the molecule is P[c-]1cccc1C1CCCCC1.[Fe].[cH-]1[cH-][cH-][cH-][cH-]1. The normalized spacial score (nSPS) is 15.4. The first-order valence-electron chi connectivity index (χ1n) is 6.55. The molecule has 0 amide bonds. The summed E-state index contributed by atoms with van der Waals surface area (Å²) in [7, 11) is 2.85. The van der Waals surface area contributed by atoms with E-state index in [0.717, 1.165) is 5.92 Å². The molecule has 0 heterocycles. The minimum absolute atomic E-state index is 0. The van der Waals surface area contributed by atoms with Gasteiger partial charge in [-0.1, -0.05) is 19.3 Å². The van der Waals surface area contributed by atoms with E-state index in [2.05, 4.69) is 27.4 Å². The summed E-state index contributed by atoms with van der Waals surface area (Å²) in [4.78, 5) is 0. The Bertz CT molecular complexity index is 379. The van der Waals surface area contributed by atoms with Crippen LogP contribution in [0.25, 0.3) is 0 Å². The quantitative estimate of drug-likeness (QED) is 0.417. The fourth-order valence-electron chi connectivity index (χ4n) is 2.55. The standard InChI is InChI=1S/C11H16P.C5H5.Fe/c12-11-8-4-7-10(11)9-5-2-1-3-6-9;1-2-4-5-3-1;/h4,7-9H,1-3,5-6,12H2;1-5H;/q-1;-5;. The van der Waals surface area contributed by atoms with Crippen LogP contribution in [0, 0.1) is 0 Å². The van der Waals surface area contributed by atoms with Crippen molar-refractivity contribution in [2.24, 2.45) is 0 Å². The maximum Gasteiger partial charge on any atom is 0 e. The predicted octanol–water partition coefficient (Wildman–Crippen LogP) is 4.36. The second-order valence-corrected chi connectivity index (χ2v) is 5.36. The topological polar surface area (TPSA) is 0 Å². The number of hydrogen-bond donors (Lipinski definition) is 0. The molecule has 1 atom stereocenters. The molecule has 1 fully saturated rings. The van der Waals surface area contributed by atoms with E-state index in [1.165, 1.54) is 37.4 Å².